The highest BCUT2D eigenvalue weighted by Gasteiger charge is 2.34. The number of halogens is 2. The molecule has 2 rings (SSSR count). The number of benzene rings is 1. The third-order valence-electron chi connectivity index (χ3n) is 3.13. The van der Waals surface area contributed by atoms with E-state index in [-0.39, 0.29) is 5.41 Å². The van der Waals surface area contributed by atoms with Crippen LogP contribution in [0.2, 0.25) is 0 Å². The van der Waals surface area contributed by atoms with Crippen molar-refractivity contribution in [1.29, 1.82) is 0 Å². The Morgan fingerprint density at radius 3 is 2.00 bits per heavy atom. The van der Waals surface area contributed by atoms with Crippen LogP contribution in [0.15, 0.2) is 54.6 Å². The largest absolute Gasteiger partial charge is 0.455 e. The van der Waals surface area contributed by atoms with Gasteiger partial charge in [0, 0.05) is 23.2 Å². The van der Waals surface area contributed by atoms with Crippen LogP contribution >= 0.6 is 31.9 Å². The van der Waals surface area contributed by atoms with E-state index in [9.17, 15) is 0 Å². The monoisotopic (exact) mass is 386 g/mol. The van der Waals surface area contributed by atoms with E-state index in [1.807, 2.05) is 42.5 Å². The molecule has 1 aliphatic rings. The average molecular weight is 388 g/mol. The predicted octanol–water partition coefficient (Wildman–Crippen LogP) is 4.31. The molecule has 4 heteroatoms. The van der Waals surface area contributed by atoms with E-state index < -0.39 is 5.79 Å². The molecule has 0 bridgehead atoms. The highest BCUT2D eigenvalue weighted by Crippen LogP contribution is 2.35. The smallest absolute Gasteiger partial charge is 0.250 e. The van der Waals surface area contributed by atoms with Crippen molar-refractivity contribution < 1.29 is 9.47 Å². The maximum absolute atomic E-state index is 5.95. The van der Waals surface area contributed by atoms with Gasteiger partial charge in [0.1, 0.15) is 5.75 Å². The second-order valence-corrected chi connectivity index (χ2v) is 5.63. The van der Waals surface area contributed by atoms with Crippen LogP contribution in [-0.2, 0) is 4.74 Å². The predicted molar refractivity (Wildman–Crippen MR) is 85.1 cm³/mol. The van der Waals surface area contributed by atoms with Crippen molar-refractivity contribution in [2.24, 2.45) is 5.41 Å². The number of alkyl halides is 2. The molecule has 2 nitrogen and oxygen atoms in total. The van der Waals surface area contributed by atoms with Crippen LogP contribution in [0.5, 0.6) is 5.75 Å². The summed E-state index contributed by atoms with van der Waals surface area (Å²) in [5.41, 5.74) is -0.0257. The fourth-order valence-electron chi connectivity index (χ4n) is 1.81. The van der Waals surface area contributed by atoms with E-state index >= 15 is 0 Å². The molecule has 0 saturated carbocycles. The Morgan fingerprint density at radius 1 is 0.947 bits per heavy atom. The number of allylic oxidation sites excluding steroid dienone is 2. The molecule has 0 saturated heterocycles. The van der Waals surface area contributed by atoms with Crippen molar-refractivity contribution >= 4 is 31.9 Å². The summed E-state index contributed by atoms with van der Waals surface area (Å²) in [5, 5.41) is 1.70. The molecule has 1 aromatic carbocycles. The second kappa shape index (κ2) is 6.25. The quantitative estimate of drug-likeness (QED) is 0.425. The standard InChI is InChI=1S/C15H16Br2O2/c1-18-15(19-13-5-3-2-4-6-13)9-7-14(11-16,12-17)8-10-15/h2-10H,11-12H2,1H3. The first kappa shape index (κ1) is 14.8. The molecule has 0 amide bonds. The molecule has 1 aliphatic carbocycles. The van der Waals surface area contributed by atoms with Crippen molar-refractivity contribution in [1.82, 2.24) is 0 Å². The number of methoxy groups -OCH3 is 1. The lowest BCUT2D eigenvalue weighted by atomic mass is 9.87. The van der Waals surface area contributed by atoms with Gasteiger partial charge in [0.2, 0.25) is 5.79 Å². The molecule has 0 N–H and O–H groups in total. The summed E-state index contributed by atoms with van der Waals surface area (Å²) in [6.45, 7) is 0. The van der Waals surface area contributed by atoms with Crippen molar-refractivity contribution in [3.8, 4) is 5.75 Å². The van der Waals surface area contributed by atoms with Crippen molar-refractivity contribution in [3.63, 3.8) is 0 Å². The molecule has 0 aromatic heterocycles. The van der Waals surface area contributed by atoms with Gasteiger partial charge in [-0.3, -0.25) is 0 Å². The van der Waals surface area contributed by atoms with Gasteiger partial charge < -0.3 is 9.47 Å². The first-order valence-electron chi connectivity index (χ1n) is 5.99. The van der Waals surface area contributed by atoms with E-state index in [1.165, 1.54) is 0 Å². The summed E-state index contributed by atoms with van der Waals surface area (Å²) in [5.74, 6) is -0.0429. The fraction of sp³-hybridized carbons (Fsp3) is 0.333. The first-order valence-corrected chi connectivity index (χ1v) is 8.24. The van der Waals surface area contributed by atoms with Gasteiger partial charge in [-0.1, -0.05) is 62.2 Å². The lowest BCUT2D eigenvalue weighted by molar-refractivity contribution is -0.0871. The molecule has 0 heterocycles. The van der Waals surface area contributed by atoms with Crippen molar-refractivity contribution in [2.45, 2.75) is 5.79 Å². The summed E-state index contributed by atoms with van der Waals surface area (Å²) >= 11 is 7.08. The van der Waals surface area contributed by atoms with E-state index in [2.05, 4.69) is 44.0 Å². The van der Waals surface area contributed by atoms with E-state index in [0.717, 1.165) is 16.4 Å². The molecule has 102 valence electrons. The number of ether oxygens (including phenoxy) is 2. The van der Waals surface area contributed by atoms with Crippen LogP contribution < -0.4 is 4.74 Å². The zero-order valence-corrected chi connectivity index (χ0v) is 13.9. The molecule has 0 atom stereocenters. The van der Waals surface area contributed by atoms with Gasteiger partial charge in [0.05, 0.1) is 0 Å². The molecule has 0 radical (unpaired) electrons. The Morgan fingerprint density at radius 2 is 1.53 bits per heavy atom. The Bertz CT molecular complexity index is 448. The summed E-state index contributed by atoms with van der Waals surface area (Å²) < 4.78 is 11.5. The lowest BCUT2D eigenvalue weighted by Gasteiger charge is -2.34. The normalized spacial score (nSPS) is 19.3. The maximum Gasteiger partial charge on any atom is 0.250 e. The van der Waals surface area contributed by atoms with E-state index in [4.69, 9.17) is 9.47 Å². The Labute approximate surface area is 130 Å². The van der Waals surface area contributed by atoms with Gasteiger partial charge in [-0.05, 0) is 24.3 Å². The molecule has 1 aromatic rings. The Kier molecular flexibility index (Phi) is 4.87. The van der Waals surface area contributed by atoms with Crippen LogP contribution in [0.4, 0.5) is 0 Å². The van der Waals surface area contributed by atoms with E-state index in [1.54, 1.807) is 7.11 Å². The summed E-state index contributed by atoms with van der Waals surface area (Å²) in [6.07, 6.45) is 8.15. The third kappa shape index (κ3) is 3.30. The summed E-state index contributed by atoms with van der Waals surface area (Å²) in [4.78, 5) is 0. The molecule has 0 spiro atoms. The van der Waals surface area contributed by atoms with Crippen LogP contribution in [0.25, 0.3) is 0 Å². The van der Waals surface area contributed by atoms with Gasteiger partial charge in [0.15, 0.2) is 0 Å². The molecular formula is C15H16Br2O2. The second-order valence-electron chi connectivity index (χ2n) is 4.51. The molecule has 0 fully saturated rings. The number of hydrogen-bond acceptors (Lipinski definition) is 2. The minimum absolute atomic E-state index is 0.0257. The average Bonchev–Trinajstić information content (AvgIpc) is 2.49. The summed E-state index contributed by atoms with van der Waals surface area (Å²) in [7, 11) is 1.65. The molecule has 19 heavy (non-hydrogen) atoms. The number of hydrogen-bond donors (Lipinski definition) is 0. The molecule has 0 unspecified atom stereocenters. The van der Waals surface area contributed by atoms with Gasteiger partial charge in [0.25, 0.3) is 0 Å². The maximum atomic E-state index is 5.95. The van der Waals surface area contributed by atoms with Crippen LogP contribution in [0.1, 0.15) is 0 Å². The minimum Gasteiger partial charge on any atom is -0.455 e. The van der Waals surface area contributed by atoms with Crippen LogP contribution in [0, 0.1) is 5.41 Å². The molecule has 0 aliphatic heterocycles. The lowest BCUT2D eigenvalue weighted by Crippen LogP contribution is -2.38. The zero-order valence-electron chi connectivity index (χ0n) is 10.7. The topological polar surface area (TPSA) is 18.5 Å². The summed E-state index contributed by atoms with van der Waals surface area (Å²) in [6, 6.07) is 9.67. The minimum atomic E-state index is -0.824. The highest BCUT2D eigenvalue weighted by atomic mass is 79.9. The van der Waals surface area contributed by atoms with E-state index in [0.29, 0.717) is 0 Å². The van der Waals surface area contributed by atoms with Gasteiger partial charge in [-0.25, -0.2) is 0 Å². The van der Waals surface area contributed by atoms with Gasteiger partial charge >= 0.3 is 0 Å². The first-order chi connectivity index (χ1) is 9.17. The van der Waals surface area contributed by atoms with Gasteiger partial charge in [-0.2, -0.15) is 0 Å². The number of rotatable bonds is 5. The van der Waals surface area contributed by atoms with Crippen LogP contribution in [0.3, 0.4) is 0 Å². The third-order valence-corrected chi connectivity index (χ3v) is 5.22. The van der Waals surface area contributed by atoms with Crippen LogP contribution in [-0.4, -0.2) is 23.6 Å². The fourth-order valence-corrected chi connectivity index (χ4v) is 3.48. The highest BCUT2D eigenvalue weighted by molar-refractivity contribution is 9.09. The number of para-hydroxylation sites is 1. The molecular weight excluding hydrogens is 372 g/mol. The Hall–Kier alpha value is -0.580. The van der Waals surface area contributed by atoms with Gasteiger partial charge in [-0.15, -0.1) is 0 Å². The SMILES string of the molecule is COC1(Oc2ccccc2)C=CC(CBr)(CBr)C=C1. The Balaban J connectivity index is 2.21. The zero-order chi connectivity index (χ0) is 13.8. The van der Waals surface area contributed by atoms with Crippen molar-refractivity contribution in [3.05, 3.63) is 54.6 Å². The van der Waals surface area contributed by atoms with Crippen molar-refractivity contribution in [2.75, 3.05) is 17.8 Å².